The Labute approximate surface area is 87.6 Å². The number of rotatable bonds is 1. The summed E-state index contributed by atoms with van der Waals surface area (Å²) in [6, 6.07) is 7.45. The van der Waals surface area contributed by atoms with Crippen molar-refractivity contribution in [3.63, 3.8) is 0 Å². The van der Waals surface area contributed by atoms with E-state index in [0.29, 0.717) is 5.02 Å². The van der Waals surface area contributed by atoms with Crippen LogP contribution in [0, 0.1) is 0 Å². The zero-order chi connectivity index (χ0) is 9.97. The second-order valence-corrected chi connectivity index (χ2v) is 3.66. The van der Waals surface area contributed by atoms with Gasteiger partial charge in [0, 0.05) is 17.1 Å². The molecule has 1 aliphatic rings. The average Bonchev–Trinajstić information content (AvgIpc) is 2.56. The molecule has 0 radical (unpaired) electrons. The van der Waals surface area contributed by atoms with E-state index in [1.807, 2.05) is 30.3 Å². The van der Waals surface area contributed by atoms with Crippen LogP contribution in [0.5, 0.6) is 0 Å². The SMILES string of the molecule is O=C1NCC/C1=C/c1ccc(Cl)cc1. The number of hydrogen-bond donors (Lipinski definition) is 1. The molecule has 2 rings (SSSR count). The quantitative estimate of drug-likeness (QED) is 0.704. The van der Waals surface area contributed by atoms with E-state index in [2.05, 4.69) is 5.32 Å². The minimum atomic E-state index is 0.0416. The van der Waals surface area contributed by atoms with Crippen molar-refractivity contribution in [3.05, 3.63) is 40.4 Å². The molecule has 1 aliphatic heterocycles. The first-order chi connectivity index (χ1) is 6.75. The molecule has 1 amide bonds. The normalized spacial score (nSPS) is 18.6. The highest BCUT2D eigenvalue weighted by atomic mass is 35.5. The number of hydrogen-bond acceptors (Lipinski definition) is 1. The van der Waals surface area contributed by atoms with Gasteiger partial charge in [0.1, 0.15) is 0 Å². The fourth-order valence-electron chi connectivity index (χ4n) is 1.44. The lowest BCUT2D eigenvalue weighted by Gasteiger charge is -1.95. The molecule has 0 bridgehead atoms. The number of carbonyl (C=O) groups is 1. The van der Waals surface area contributed by atoms with Crippen LogP contribution in [0.3, 0.4) is 0 Å². The van der Waals surface area contributed by atoms with Crippen molar-refractivity contribution >= 4 is 23.6 Å². The van der Waals surface area contributed by atoms with Crippen molar-refractivity contribution < 1.29 is 4.79 Å². The molecule has 0 saturated carbocycles. The molecule has 0 aromatic heterocycles. The summed E-state index contributed by atoms with van der Waals surface area (Å²) in [7, 11) is 0. The Bertz CT molecular complexity index is 381. The summed E-state index contributed by atoms with van der Waals surface area (Å²) < 4.78 is 0. The molecule has 2 nitrogen and oxygen atoms in total. The van der Waals surface area contributed by atoms with Gasteiger partial charge in [-0.2, -0.15) is 0 Å². The van der Waals surface area contributed by atoms with Gasteiger partial charge in [-0.1, -0.05) is 23.7 Å². The predicted octanol–water partition coefficient (Wildman–Crippen LogP) is 2.24. The van der Waals surface area contributed by atoms with Crippen LogP contribution < -0.4 is 5.32 Å². The molecule has 0 unspecified atom stereocenters. The number of carbonyl (C=O) groups excluding carboxylic acids is 1. The molecule has 0 atom stereocenters. The van der Waals surface area contributed by atoms with E-state index in [0.717, 1.165) is 24.1 Å². The van der Waals surface area contributed by atoms with E-state index < -0.39 is 0 Å². The molecule has 0 aliphatic carbocycles. The Kier molecular flexibility index (Phi) is 2.55. The molecule has 1 heterocycles. The first kappa shape index (κ1) is 9.28. The highest BCUT2D eigenvalue weighted by Gasteiger charge is 2.15. The minimum Gasteiger partial charge on any atom is -0.352 e. The molecule has 3 heteroatoms. The standard InChI is InChI=1S/C11H10ClNO/c12-10-3-1-8(2-4-10)7-9-5-6-13-11(9)14/h1-4,7H,5-6H2,(H,13,14)/b9-7-. The highest BCUT2D eigenvalue weighted by molar-refractivity contribution is 6.30. The van der Waals surface area contributed by atoms with Crippen LogP contribution in [0.15, 0.2) is 29.8 Å². The molecular weight excluding hydrogens is 198 g/mol. The van der Waals surface area contributed by atoms with Crippen molar-refractivity contribution in [2.24, 2.45) is 0 Å². The van der Waals surface area contributed by atoms with E-state index >= 15 is 0 Å². The molecule has 1 N–H and O–H groups in total. The zero-order valence-electron chi connectivity index (χ0n) is 7.59. The summed E-state index contributed by atoms with van der Waals surface area (Å²) in [4.78, 5) is 11.2. The molecule has 0 spiro atoms. The lowest BCUT2D eigenvalue weighted by molar-refractivity contribution is -0.116. The summed E-state index contributed by atoms with van der Waals surface area (Å²) >= 11 is 5.76. The van der Waals surface area contributed by atoms with Crippen molar-refractivity contribution in [1.82, 2.24) is 5.32 Å². The second kappa shape index (κ2) is 3.84. The van der Waals surface area contributed by atoms with Gasteiger partial charge in [-0.25, -0.2) is 0 Å². The fraction of sp³-hybridized carbons (Fsp3) is 0.182. The Hall–Kier alpha value is -1.28. The summed E-state index contributed by atoms with van der Waals surface area (Å²) in [5.74, 6) is 0.0416. The molecule has 14 heavy (non-hydrogen) atoms. The molecule has 72 valence electrons. The lowest BCUT2D eigenvalue weighted by atomic mass is 10.1. The third-order valence-electron chi connectivity index (χ3n) is 2.18. The predicted molar refractivity (Wildman–Crippen MR) is 57.1 cm³/mol. The third-order valence-corrected chi connectivity index (χ3v) is 2.43. The smallest absolute Gasteiger partial charge is 0.247 e. The van der Waals surface area contributed by atoms with E-state index in [1.165, 1.54) is 0 Å². The van der Waals surface area contributed by atoms with E-state index in [4.69, 9.17) is 11.6 Å². The first-order valence-corrected chi connectivity index (χ1v) is 4.88. The number of amides is 1. The largest absolute Gasteiger partial charge is 0.352 e. The van der Waals surface area contributed by atoms with E-state index in [1.54, 1.807) is 0 Å². The Morgan fingerprint density at radius 2 is 2.00 bits per heavy atom. The van der Waals surface area contributed by atoms with Crippen LogP contribution in [0.2, 0.25) is 5.02 Å². The maximum atomic E-state index is 11.2. The summed E-state index contributed by atoms with van der Waals surface area (Å²) in [6.45, 7) is 0.748. The zero-order valence-corrected chi connectivity index (χ0v) is 8.34. The first-order valence-electron chi connectivity index (χ1n) is 4.50. The fourth-order valence-corrected chi connectivity index (χ4v) is 1.56. The topological polar surface area (TPSA) is 29.1 Å². The summed E-state index contributed by atoms with van der Waals surface area (Å²) in [6.07, 6.45) is 2.71. The van der Waals surface area contributed by atoms with Crippen LogP contribution >= 0.6 is 11.6 Å². The van der Waals surface area contributed by atoms with Crippen molar-refractivity contribution in [2.45, 2.75) is 6.42 Å². The molecule has 1 fully saturated rings. The van der Waals surface area contributed by atoms with Gasteiger partial charge in [0.25, 0.3) is 0 Å². The van der Waals surface area contributed by atoms with Gasteiger partial charge in [0.15, 0.2) is 0 Å². The monoisotopic (exact) mass is 207 g/mol. The number of halogens is 1. The molecule has 1 aromatic carbocycles. The maximum absolute atomic E-state index is 11.2. The van der Waals surface area contributed by atoms with Crippen LogP contribution in [0.1, 0.15) is 12.0 Å². The lowest BCUT2D eigenvalue weighted by Crippen LogP contribution is -2.13. The van der Waals surface area contributed by atoms with Gasteiger partial charge in [-0.3, -0.25) is 4.79 Å². The van der Waals surface area contributed by atoms with Crippen LogP contribution in [-0.2, 0) is 4.79 Å². The third kappa shape index (κ3) is 1.96. The summed E-state index contributed by atoms with van der Waals surface area (Å²) in [5.41, 5.74) is 1.86. The Morgan fingerprint density at radius 3 is 2.57 bits per heavy atom. The van der Waals surface area contributed by atoms with Gasteiger partial charge in [0.2, 0.25) is 5.91 Å². The van der Waals surface area contributed by atoms with Gasteiger partial charge in [-0.05, 0) is 30.2 Å². The van der Waals surface area contributed by atoms with Gasteiger partial charge in [0.05, 0.1) is 0 Å². The van der Waals surface area contributed by atoms with Crippen LogP contribution in [0.4, 0.5) is 0 Å². The van der Waals surface area contributed by atoms with E-state index in [-0.39, 0.29) is 5.91 Å². The second-order valence-electron chi connectivity index (χ2n) is 3.23. The maximum Gasteiger partial charge on any atom is 0.247 e. The molecular formula is C11H10ClNO. The van der Waals surface area contributed by atoms with Crippen LogP contribution in [-0.4, -0.2) is 12.5 Å². The van der Waals surface area contributed by atoms with Gasteiger partial charge >= 0.3 is 0 Å². The van der Waals surface area contributed by atoms with Crippen LogP contribution in [0.25, 0.3) is 6.08 Å². The van der Waals surface area contributed by atoms with Gasteiger partial charge in [-0.15, -0.1) is 0 Å². The van der Waals surface area contributed by atoms with Crippen molar-refractivity contribution in [2.75, 3.05) is 6.54 Å². The average molecular weight is 208 g/mol. The minimum absolute atomic E-state index is 0.0416. The van der Waals surface area contributed by atoms with Crippen molar-refractivity contribution in [3.8, 4) is 0 Å². The highest BCUT2D eigenvalue weighted by Crippen LogP contribution is 2.15. The Balaban J connectivity index is 2.24. The Morgan fingerprint density at radius 1 is 1.29 bits per heavy atom. The molecule has 1 saturated heterocycles. The van der Waals surface area contributed by atoms with E-state index in [9.17, 15) is 4.79 Å². The summed E-state index contributed by atoms with van der Waals surface area (Å²) in [5, 5.41) is 3.48. The van der Waals surface area contributed by atoms with Crippen molar-refractivity contribution in [1.29, 1.82) is 0 Å². The van der Waals surface area contributed by atoms with Gasteiger partial charge < -0.3 is 5.32 Å². The molecule has 1 aromatic rings. The number of benzene rings is 1. The number of nitrogens with one attached hydrogen (secondary N) is 1.